The van der Waals surface area contributed by atoms with Crippen molar-refractivity contribution in [2.75, 3.05) is 46.4 Å². The van der Waals surface area contributed by atoms with Crippen LogP contribution in [0.1, 0.15) is 23.2 Å². The molecule has 5 nitrogen and oxygen atoms in total. The molecule has 0 aliphatic carbocycles. The van der Waals surface area contributed by atoms with Crippen molar-refractivity contribution in [1.82, 2.24) is 9.80 Å². The van der Waals surface area contributed by atoms with Crippen molar-refractivity contribution in [3.8, 4) is 5.75 Å². The summed E-state index contributed by atoms with van der Waals surface area (Å²) in [6, 6.07) is 7.38. The Morgan fingerprint density at radius 2 is 1.96 bits per heavy atom. The fourth-order valence-corrected chi connectivity index (χ4v) is 4.37. The van der Waals surface area contributed by atoms with Crippen molar-refractivity contribution >= 4 is 5.91 Å². The van der Waals surface area contributed by atoms with Crippen molar-refractivity contribution in [1.29, 1.82) is 0 Å². The molecule has 0 saturated carbocycles. The Morgan fingerprint density at radius 1 is 1.21 bits per heavy atom. The predicted octanol–water partition coefficient (Wildman–Crippen LogP) is 1.88. The van der Waals surface area contributed by atoms with E-state index in [9.17, 15) is 4.79 Å². The molecule has 1 aromatic rings. The van der Waals surface area contributed by atoms with Crippen LogP contribution in [0, 0.1) is 11.8 Å². The van der Waals surface area contributed by atoms with E-state index in [0.29, 0.717) is 11.8 Å². The summed E-state index contributed by atoms with van der Waals surface area (Å²) in [5.74, 6) is 1.95. The SMILES string of the molecule is COc1ccc(C(=O)N2C[C@H]3[C@H](CN4CCCC4)CO[C@H]3C2)cc1. The second kappa shape index (κ2) is 6.73. The summed E-state index contributed by atoms with van der Waals surface area (Å²) in [6.45, 7) is 5.99. The third-order valence-corrected chi connectivity index (χ3v) is 5.75. The Morgan fingerprint density at radius 3 is 2.67 bits per heavy atom. The minimum absolute atomic E-state index is 0.107. The first kappa shape index (κ1) is 15.9. The normalized spacial score (nSPS) is 29.9. The maximum absolute atomic E-state index is 12.7. The number of amides is 1. The van der Waals surface area contributed by atoms with Crippen molar-refractivity contribution in [2.45, 2.75) is 18.9 Å². The van der Waals surface area contributed by atoms with Gasteiger partial charge in [0.15, 0.2) is 0 Å². The lowest BCUT2D eigenvalue weighted by atomic mass is 9.93. The van der Waals surface area contributed by atoms with E-state index < -0.39 is 0 Å². The van der Waals surface area contributed by atoms with Crippen LogP contribution in [0.2, 0.25) is 0 Å². The van der Waals surface area contributed by atoms with Gasteiger partial charge in [-0.1, -0.05) is 0 Å². The summed E-state index contributed by atoms with van der Waals surface area (Å²) >= 11 is 0. The lowest BCUT2D eigenvalue weighted by molar-refractivity contribution is 0.0668. The van der Waals surface area contributed by atoms with E-state index in [1.807, 2.05) is 29.2 Å². The molecule has 5 heteroatoms. The number of likely N-dealkylation sites (tertiary alicyclic amines) is 2. The van der Waals surface area contributed by atoms with Gasteiger partial charge in [0.25, 0.3) is 5.91 Å². The number of carbonyl (C=O) groups excluding carboxylic acids is 1. The molecular formula is C19H26N2O3. The predicted molar refractivity (Wildman–Crippen MR) is 91.3 cm³/mol. The molecule has 4 rings (SSSR count). The van der Waals surface area contributed by atoms with Crippen LogP contribution in [0.3, 0.4) is 0 Å². The Kier molecular flexibility index (Phi) is 4.46. The van der Waals surface area contributed by atoms with E-state index in [1.165, 1.54) is 25.9 Å². The second-order valence-corrected chi connectivity index (χ2v) is 7.24. The largest absolute Gasteiger partial charge is 0.497 e. The number of methoxy groups -OCH3 is 1. The number of ether oxygens (including phenoxy) is 2. The number of hydrogen-bond donors (Lipinski definition) is 0. The summed E-state index contributed by atoms with van der Waals surface area (Å²) in [5.41, 5.74) is 0.729. The lowest BCUT2D eigenvalue weighted by Crippen LogP contribution is -2.34. The fraction of sp³-hybridized carbons (Fsp3) is 0.632. The Hall–Kier alpha value is -1.59. The number of benzene rings is 1. The molecule has 3 fully saturated rings. The number of nitrogens with zero attached hydrogens (tertiary/aromatic N) is 2. The van der Waals surface area contributed by atoms with Crippen LogP contribution >= 0.6 is 0 Å². The van der Waals surface area contributed by atoms with Crippen LogP contribution in [0.4, 0.5) is 0 Å². The molecule has 3 aliphatic heterocycles. The number of fused-ring (bicyclic) bond motifs is 1. The average Bonchev–Trinajstić information content (AvgIpc) is 3.33. The molecule has 24 heavy (non-hydrogen) atoms. The van der Waals surface area contributed by atoms with Gasteiger partial charge in [-0.2, -0.15) is 0 Å². The molecule has 0 unspecified atom stereocenters. The highest BCUT2D eigenvalue weighted by atomic mass is 16.5. The van der Waals surface area contributed by atoms with Gasteiger partial charge in [0.1, 0.15) is 5.75 Å². The quantitative estimate of drug-likeness (QED) is 0.845. The minimum atomic E-state index is 0.107. The maximum atomic E-state index is 12.7. The van der Waals surface area contributed by atoms with Gasteiger partial charge in [-0.15, -0.1) is 0 Å². The highest BCUT2D eigenvalue weighted by Crippen LogP contribution is 2.35. The molecule has 1 amide bonds. The third-order valence-electron chi connectivity index (χ3n) is 5.75. The molecule has 3 atom stereocenters. The Balaban J connectivity index is 1.39. The van der Waals surface area contributed by atoms with Gasteiger partial charge >= 0.3 is 0 Å². The molecular weight excluding hydrogens is 304 g/mol. The van der Waals surface area contributed by atoms with Crippen molar-refractivity contribution in [3.63, 3.8) is 0 Å². The van der Waals surface area contributed by atoms with Crippen LogP contribution in [0.15, 0.2) is 24.3 Å². The number of hydrogen-bond acceptors (Lipinski definition) is 4. The Labute approximate surface area is 143 Å². The van der Waals surface area contributed by atoms with E-state index >= 15 is 0 Å². The van der Waals surface area contributed by atoms with Crippen molar-refractivity contribution in [2.24, 2.45) is 11.8 Å². The molecule has 3 saturated heterocycles. The summed E-state index contributed by atoms with van der Waals surface area (Å²) in [6.07, 6.45) is 2.87. The number of rotatable bonds is 4. The van der Waals surface area contributed by atoms with Gasteiger partial charge in [-0.05, 0) is 50.2 Å². The van der Waals surface area contributed by atoms with E-state index in [2.05, 4.69) is 4.90 Å². The average molecular weight is 330 g/mol. The number of carbonyl (C=O) groups is 1. The van der Waals surface area contributed by atoms with E-state index in [-0.39, 0.29) is 12.0 Å². The molecule has 0 spiro atoms. The monoisotopic (exact) mass is 330 g/mol. The van der Waals surface area contributed by atoms with Gasteiger partial charge in [-0.3, -0.25) is 4.79 Å². The van der Waals surface area contributed by atoms with E-state index in [4.69, 9.17) is 9.47 Å². The maximum Gasteiger partial charge on any atom is 0.253 e. The lowest BCUT2D eigenvalue weighted by Gasteiger charge is -2.24. The minimum Gasteiger partial charge on any atom is -0.497 e. The molecule has 0 aromatic heterocycles. The first-order valence-electron chi connectivity index (χ1n) is 9.02. The third kappa shape index (κ3) is 3.03. The van der Waals surface area contributed by atoms with E-state index in [0.717, 1.165) is 37.6 Å². The van der Waals surface area contributed by atoms with Gasteiger partial charge in [0.05, 0.1) is 19.8 Å². The van der Waals surface area contributed by atoms with Crippen LogP contribution in [-0.2, 0) is 4.74 Å². The topological polar surface area (TPSA) is 42.0 Å². The van der Waals surface area contributed by atoms with Crippen molar-refractivity contribution in [3.05, 3.63) is 29.8 Å². The van der Waals surface area contributed by atoms with Gasteiger partial charge in [-0.25, -0.2) is 0 Å². The van der Waals surface area contributed by atoms with Gasteiger partial charge < -0.3 is 19.3 Å². The summed E-state index contributed by atoms with van der Waals surface area (Å²) in [7, 11) is 1.64. The molecule has 0 N–H and O–H groups in total. The van der Waals surface area contributed by atoms with Crippen LogP contribution in [0.25, 0.3) is 0 Å². The first-order chi connectivity index (χ1) is 11.7. The first-order valence-corrected chi connectivity index (χ1v) is 9.02. The molecule has 130 valence electrons. The Bertz CT molecular complexity index is 583. The zero-order valence-electron chi connectivity index (χ0n) is 14.3. The zero-order chi connectivity index (χ0) is 16.5. The zero-order valence-corrected chi connectivity index (χ0v) is 14.3. The molecule has 0 bridgehead atoms. The van der Waals surface area contributed by atoms with E-state index in [1.54, 1.807) is 7.11 Å². The molecule has 1 aromatic carbocycles. The second-order valence-electron chi connectivity index (χ2n) is 7.24. The van der Waals surface area contributed by atoms with Gasteiger partial charge in [0, 0.05) is 37.0 Å². The fourth-order valence-electron chi connectivity index (χ4n) is 4.37. The van der Waals surface area contributed by atoms with Crippen LogP contribution in [-0.4, -0.2) is 68.3 Å². The molecule has 3 heterocycles. The van der Waals surface area contributed by atoms with Crippen LogP contribution < -0.4 is 4.74 Å². The summed E-state index contributed by atoms with van der Waals surface area (Å²) in [5, 5.41) is 0. The highest BCUT2D eigenvalue weighted by Gasteiger charge is 2.45. The van der Waals surface area contributed by atoms with Crippen LogP contribution in [0.5, 0.6) is 5.75 Å². The highest BCUT2D eigenvalue weighted by molar-refractivity contribution is 5.94. The summed E-state index contributed by atoms with van der Waals surface area (Å²) < 4.78 is 11.2. The smallest absolute Gasteiger partial charge is 0.253 e. The summed E-state index contributed by atoms with van der Waals surface area (Å²) in [4.78, 5) is 17.3. The molecule has 3 aliphatic rings. The van der Waals surface area contributed by atoms with Gasteiger partial charge in [0.2, 0.25) is 0 Å². The molecule has 0 radical (unpaired) electrons. The van der Waals surface area contributed by atoms with Crippen molar-refractivity contribution < 1.29 is 14.3 Å². The standard InChI is InChI=1S/C19H26N2O3/c1-23-16-6-4-14(5-7-16)19(22)21-11-17-15(13-24-18(17)12-21)10-20-8-2-3-9-20/h4-7,15,17-18H,2-3,8-13H2,1H3/t15-,17+,18+/m1/s1.